The molecular formula is C29H32N4O2. The van der Waals surface area contributed by atoms with Crippen molar-refractivity contribution in [3.05, 3.63) is 90.0 Å². The van der Waals surface area contributed by atoms with Crippen molar-refractivity contribution >= 4 is 28.9 Å². The third-order valence-corrected chi connectivity index (χ3v) is 7.30. The zero-order chi connectivity index (χ0) is 24.4. The lowest BCUT2D eigenvalue weighted by Crippen LogP contribution is -2.31. The molecule has 1 saturated heterocycles. The van der Waals surface area contributed by atoms with Crippen LogP contribution < -0.4 is 15.5 Å². The van der Waals surface area contributed by atoms with Gasteiger partial charge >= 0.3 is 0 Å². The number of likely N-dealkylation sites (N-methyl/N-ethyl adjacent to an activating group) is 1. The number of amides is 2. The Bertz CT molecular complexity index is 1190. The van der Waals surface area contributed by atoms with Gasteiger partial charge in [0.2, 0.25) is 5.91 Å². The van der Waals surface area contributed by atoms with Gasteiger partial charge in [0, 0.05) is 41.8 Å². The lowest BCUT2D eigenvalue weighted by molar-refractivity contribution is -0.118. The van der Waals surface area contributed by atoms with E-state index in [1.54, 1.807) is 24.3 Å². The molecule has 35 heavy (non-hydrogen) atoms. The second-order valence-electron chi connectivity index (χ2n) is 9.83. The number of carbonyl (C=O) groups excluding carboxylic acids is 2. The van der Waals surface area contributed by atoms with Crippen LogP contribution in [0.15, 0.2) is 78.9 Å². The number of nitrogens with zero attached hydrogens (tertiary/aromatic N) is 2. The van der Waals surface area contributed by atoms with Crippen molar-refractivity contribution in [3.8, 4) is 0 Å². The Hall–Kier alpha value is -3.64. The van der Waals surface area contributed by atoms with Gasteiger partial charge in [-0.05, 0) is 87.5 Å². The highest BCUT2D eigenvalue weighted by atomic mass is 16.2. The summed E-state index contributed by atoms with van der Waals surface area (Å²) in [6, 6.07) is 25.6. The number of nitrogens with one attached hydrogen (secondary N) is 2. The first-order valence-electron chi connectivity index (χ1n) is 12.2. The van der Waals surface area contributed by atoms with Crippen molar-refractivity contribution in [2.75, 3.05) is 42.7 Å². The van der Waals surface area contributed by atoms with Crippen LogP contribution in [0.4, 0.5) is 17.1 Å². The van der Waals surface area contributed by atoms with E-state index in [1.807, 2.05) is 42.5 Å². The van der Waals surface area contributed by atoms with Gasteiger partial charge in [-0.1, -0.05) is 30.3 Å². The average Bonchev–Trinajstić information content (AvgIpc) is 3.55. The first-order valence-corrected chi connectivity index (χ1v) is 12.2. The summed E-state index contributed by atoms with van der Waals surface area (Å²) < 4.78 is 0. The summed E-state index contributed by atoms with van der Waals surface area (Å²) in [6.07, 6.45) is 2.88. The largest absolute Gasteiger partial charge is 0.370 e. The molecule has 0 radical (unpaired) electrons. The van der Waals surface area contributed by atoms with Gasteiger partial charge in [-0.2, -0.15) is 0 Å². The van der Waals surface area contributed by atoms with Crippen molar-refractivity contribution in [2.45, 2.75) is 30.7 Å². The highest BCUT2D eigenvalue weighted by Gasteiger charge is 2.51. The fraction of sp³-hybridized carbons (Fsp3) is 0.310. The lowest BCUT2D eigenvalue weighted by Gasteiger charge is -2.22. The Kier molecular flexibility index (Phi) is 6.31. The van der Waals surface area contributed by atoms with Crippen LogP contribution in [0.1, 0.15) is 35.2 Å². The van der Waals surface area contributed by atoms with Crippen LogP contribution in [0.2, 0.25) is 0 Å². The zero-order valence-electron chi connectivity index (χ0n) is 20.3. The summed E-state index contributed by atoms with van der Waals surface area (Å²) in [5.74, 6) is -0.164. The molecule has 1 aliphatic carbocycles. The maximum absolute atomic E-state index is 12.9. The number of hydrogen-bond donors (Lipinski definition) is 2. The molecule has 6 nitrogen and oxygen atoms in total. The third kappa shape index (κ3) is 4.93. The summed E-state index contributed by atoms with van der Waals surface area (Å²) >= 11 is 0. The summed E-state index contributed by atoms with van der Waals surface area (Å²) in [7, 11) is 4.25. The molecule has 2 amide bonds. The first-order chi connectivity index (χ1) is 16.9. The maximum atomic E-state index is 12.9. The van der Waals surface area contributed by atoms with Crippen LogP contribution in [-0.4, -0.2) is 49.9 Å². The average molecular weight is 469 g/mol. The molecule has 6 heteroatoms. The minimum atomic E-state index is -0.425. The molecule has 5 rings (SSSR count). The van der Waals surface area contributed by atoms with Crippen LogP contribution in [-0.2, 0) is 10.2 Å². The molecule has 3 aromatic rings. The van der Waals surface area contributed by atoms with E-state index in [2.05, 4.69) is 46.7 Å². The minimum absolute atomic E-state index is 0.0101. The second kappa shape index (κ2) is 9.55. The molecule has 1 heterocycles. The SMILES string of the molecule is CN(C)C1CCN(c2ccc(NC(=O)c3ccc(NC(=O)C4(c5ccccc5)CC4)cc3)cc2)C1. The fourth-order valence-electron chi connectivity index (χ4n) is 4.84. The Morgan fingerprint density at radius 1 is 0.857 bits per heavy atom. The molecule has 2 fully saturated rings. The van der Waals surface area contributed by atoms with Crippen molar-refractivity contribution in [3.63, 3.8) is 0 Å². The van der Waals surface area contributed by atoms with Crippen LogP contribution in [0.25, 0.3) is 0 Å². The van der Waals surface area contributed by atoms with Gasteiger partial charge in [-0.25, -0.2) is 0 Å². The summed E-state index contributed by atoms with van der Waals surface area (Å²) in [5.41, 5.74) is 3.81. The normalized spacial score (nSPS) is 18.4. The summed E-state index contributed by atoms with van der Waals surface area (Å²) in [6.45, 7) is 2.07. The second-order valence-corrected chi connectivity index (χ2v) is 9.83. The van der Waals surface area contributed by atoms with Crippen molar-refractivity contribution < 1.29 is 9.59 Å². The number of benzene rings is 3. The highest BCUT2D eigenvalue weighted by Crippen LogP contribution is 2.48. The third-order valence-electron chi connectivity index (χ3n) is 7.30. The Balaban J connectivity index is 1.17. The maximum Gasteiger partial charge on any atom is 0.255 e. The molecule has 0 bridgehead atoms. The van der Waals surface area contributed by atoms with E-state index in [0.717, 1.165) is 43.6 Å². The minimum Gasteiger partial charge on any atom is -0.370 e. The van der Waals surface area contributed by atoms with Crippen molar-refractivity contribution in [1.29, 1.82) is 0 Å². The van der Waals surface area contributed by atoms with E-state index < -0.39 is 5.41 Å². The Morgan fingerprint density at radius 3 is 2.09 bits per heavy atom. The van der Waals surface area contributed by atoms with E-state index in [4.69, 9.17) is 0 Å². The highest BCUT2D eigenvalue weighted by molar-refractivity contribution is 6.05. The quantitative estimate of drug-likeness (QED) is 0.525. The standard InChI is InChI=1S/C29H32N4O2/c1-32(2)26-16-19-33(20-26)25-14-12-23(13-15-25)30-27(34)21-8-10-24(11-9-21)31-28(35)29(17-18-29)22-6-4-3-5-7-22/h3-15,26H,16-20H2,1-2H3,(H,30,34)(H,31,35). The van der Waals surface area contributed by atoms with Gasteiger partial charge in [0.25, 0.3) is 5.91 Å². The molecule has 180 valence electrons. The molecule has 2 N–H and O–H groups in total. The van der Waals surface area contributed by atoms with E-state index in [9.17, 15) is 9.59 Å². The number of hydrogen-bond acceptors (Lipinski definition) is 4. The molecular weight excluding hydrogens is 436 g/mol. The predicted molar refractivity (Wildman–Crippen MR) is 141 cm³/mol. The number of rotatable bonds is 7. The Labute approximate surface area is 206 Å². The molecule has 1 unspecified atom stereocenters. The van der Waals surface area contributed by atoms with E-state index in [1.165, 1.54) is 5.69 Å². The van der Waals surface area contributed by atoms with Crippen LogP contribution in [0, 0.1) is 0 Å². The molecule has 0 spiro atoms. The molecule has 1 aliphatic heterocycles. The number of anilines is 3. The Morgan fingerprint density at radius 2 is 1.49 bits per heavy atom. The van der Waals surface area contributed by atoms with Gasteiger partial charge in [0.15, 0.2) is 0 Å². The van der Waals surface area contributed by atoms with Gasteiger partial charge in [-0.3, -0.25) is 9.59 Å². The molecule has 1 saturated carbocycles. The monoisotopic (exact) mass is 468 g/mol. The summed E-state index contributed by atoms with van der Waals surface area (Å²) in [5, 5.41) is 5.99. The van der Waals surface area contributed by atoms with Gasteiger partial charge < -0.3 is 20.4 Å². The van der Waals surface area contributed by atoms with E-state index in [-0.39, 0.29) is 11.8 Å². The topological polar surface area (TPSA) is 64.7 Å². The van der Waals surface area contributed by atoms with Gasteiger partial charge in [0.1, 0.15) is 0 Å². The molecule has 2 aliphatic rings. The van der Waals surface area contributed by atoms with Crippen LogP contribution in [0.3, 0.4) is 0 Å². The zero-order valence-corrected chi connectivity index (χ0v) is 20.3. The summed E-state index contributed by atoms with van der Waals surface area (Å²) in [4.78, 5) is 30.3. The van der Waals surface area contributed by atoms with Crippen LogP contribution in [0.5, 0.6) is 0 Å². The predicted octanol–water partition coefficient (Wildman–Crippen LogP) is 4.75. The lowest BCUT2D eigenvalue weighted by atomic mass is 9.95. The first kappa shape index (κ1) is 23.1. The van der Waals surface area contributed by atoms with Gasteiger partial charge in [0.05, 0.1) is 5.41 Å². The smallest absolute Gasteiger partial charge is 0.255 e. The van der Waals surface area contributed by atoms with E-state index in [0.29, 0.717) is 17.3 Å². The molecule has 0 aromatic heterocycles. The van der Waals surface area contributed by atoms with E-state index >= 15 is 0 Å². The number of carbonyl (C=O) groups is 2. The fourth-order valence-corrected chi connectivity index (χ4v) is 4.84. The van der Waals surface area contributed by atoms with Gasteiger partial charge in [-0.15, -0.1) is 0 Å². The van der Waals surface area contributed by atoms with Crippen molar-refractivity contribution in [1.82, 2.24) is 4.90 Å². The van der Waals surface area contributed by atoms with Crippen LogP contribution >= 0.6 is 0 Å². The van der Waals surface area contributed by atoms with Crippen molar-refractivity contribution in [2.24, 2.45) is 0 Å². The molecule has 1 atom stereocenters. The molecule has 3 aromatic carbocycles.